The van der Waals surface area contributed by atoms with E-state index in [2.05, 4.69) is 4.98 Å². The molecule has 0 bridgehead atoms. The van der Waals surface area contributed by atoms with E-state index in [-0.39, 0.29) is 13.2 Å². The van der Waals surface area contributed by atoms with Gasteiger partial charge in [-0.15, -0.1) is 11.3 Å². The zero-order valence-electron chi connectivity index (χ0n) is 6.61. The Hall–Kier alpha value is -0.670. The van der Waals surface area contributed by atoms with E-state index in [1.54, 1.807) is 0 Å². The van der Waals surface area contributed by atoms with Crippen LogP contribution in [0.4, 0.5) is 0 Å². The van der Waals surface area contributed by atoms with Crippen LogP contribution in [-0.2, 0) is 4.74 Å². The van der Waals surface area contributed by atoms with E-state index in [4.69, 9.17) is 26.7 Å². The van der Waals surface area contributed by atoms with Gasteiger partial charge in [0.15, 0.2) is 6.10 Å². The van der Waals surface area contributed by atoms with Crippen LogP contribution >= 0.6 is 22.9 Å². The highest BCUT2D eigenvalue weighted by Crippen LogP contribution is 2.25. The van der Waals surface area contributed by atoms with E-state index in [1.807, 2.05) is 6.07 Å². The molecule has 1 aromatic rings. The third-order valence-electron chi connectivity index (χ3n) is 1.21. The summed E-state index contributed by atoms with van der Waals surface area (Å²) in [6.45, 7) is 0.00666. The summed E-state index contributed by atoms with van der Waals surface area (Å²) in [6, 6.07) is 1.92. The normalized spacial score (nSPS) is 12.4. The summed E-state index contributed by atoms with van der Waals surface area (Å²) in [6.07, 6.45) is 0.735. The first kappa shape index (κ1) is 10.4. The molecule has 70 valence electrons. The molecule has 0 amide bonds. The number of nitriles is 1. The van der Waals surface area contributed by atoms with Crippen LogP contribution in [-0.4, -0.2) is 23.3 Å². The second-order valence-electron chi connectivity index (χ2n) is 2.11. The molecule has 0 spiro atoms. The molecule has 1 heterocycles. The lowest BCUT2D eigenvalue weighted by Gasteiger charge is -2.04. The highest BCUT2D eigenvalue weighted by Gasteiger charge is 2.14. The number of hydrogen-bond donors (Lipinski definition) is 1. The molecule has 0 radical (unpaired) electrons. The van der Waals surface area contributed by atoms with Crippen molar-refractivity contribution in [3.63, 3.8) is 0 Å². The van der Waals surface area contributed by atoms with E-state index in [9.17, 15) is 0 Å². The van der Waals surface area contributed by atoms with Crippen molar-refractivity contribution in [1.29, 1.82) is 5.26 Å². The van der Waals surface area contributed by atoms with E-state index < -0.39 is 6.10 Å². The van der Waals surface area contributed by atoms with Gasteiger partial charge in [0.25, 0.3) is 0 Å². The Morgan fingerprint density at radius 2 is 2.62 bits per heavy atom. The van der Waals surface area contributed by atoms with Crippen LogP contribution in [0.15, 0.2) is 6.20 Å². The maximum absolute atomic E-state index is 8.68. The van der Waals surface area contributed by atoms with Crippen LogP contribution in [0.5, 0.6) is 0 Å². The Morgan fingerprint density at radius 3 is 3.08 bits per heavy atom. The molecule has 0 aliphatic heterocycles. The van der Waals surface area contributed by atoms with Gasteiger partial charge >= 0.3 is 0 Å². The Morgan fingerprint density at radius 1 is 1.85 bits per heavy atom. The largest absolute Gasteiger partial charge is 0.394 e. The smallest absolute Gasteiger partial charge is 0.195 e. The van der Waals surface area contributed by atoms with Gasteiger partial charge in [-0.05, 0) is 0 Å². The SMILES string of the molecule is N#CC(OCCO)c1ncc(Cl)s1. The second kappa shape index (κ2) is 5.14. The minimum Gasteiger partial charge on any atom is -0.394 e. The van der Waals surface area contributed by atoms with Gasteiger partial charge in [0.2, 0.25) is 0 Å². The summed E-state index contributed by atoms with van der Waals surface area (Å²) in [5.41, 5.74) is 0. The van der Waals surface area contributed by atoms with Gasteiger partial charge in [-0.25, -0.2) is 4.98 Å². The molecular weight excluding hydrogens is 212 g/mol. The molecule has 1 N–H and O–H groups in total. The summed E-state index contributed by atoms with van der Waals surface area (Å²) >= 11 is 6.83. The number of aliphatic hydroxyl groups excluding tert-OH is 1. The lowest BCUT2D eigenvalue weighted by Crippen LogP contribution is -2.05. The molecule has 0 saturated carbocycles. The molecule has 6 heteroatoms. The summed E-state index contributed by atoms with van der Waals surface area (Å²) in [7, 11) is 0. The number of aromatic nitrogens is 1. The molecule has 0 aliphatic rings. The Kier molecular flexibility index (Phi) is 4.12. The first-order valence-corrected chi connectivity index (χ1v) is 4.70. The highest BCUT2D eigenvalue weighted by atomic mass is 35.5. The van der Waals surface area contributed by atoms with Crippen LogP contribution in [0.3, 0.4) is 0 Å². The number of thiazole rings is 1. The molecular formula is C7H7ClN2O2S. The average molecular weight is 219 g/mol. The molecule has 0 aromatic carbocycles. The van der Waals surface area contributed by atoms with Crippen molar-refractivity contribution in [2.24, 2.45) is 0 Å². The van der Waals surface area contributed by atoms with Crippen molar-refractivity contribution in [2.75, 3.05) is 13.2 Å². The van der Waals surface area contributed by atoms with Crippen LogP contribution in [0, 0.1) is 11.3 Å². The molecule has 0 saturated heterocycles. The van der Waals surface area contributed by atoms with Crippen LogP contribution in [0.1, 0.15) is 11.1 Å². The van der Waals surface area contributed by atoms with Crippen LogP contribution in [0.2, 0.25) is 4.34 Å². The fourth-order valence-electron chi connectivity index (χ4n) is 0.723. The van der Waals surface area contributed by atoms with E-state index in [0.29, 0.717) is 9.34 Å². The summed E-state index contributed by atoms with van der Waals surface area (Å²) in [4.78, 5) is 3.90. The number of ether oxygens (including phenoxy) is 1. The fourth-order valence-corrected chi connectivity index (χ4v) is 1.65. The molecule has 1 aromatic heterocycles. The second-order valence-corrected chi connectivity index (χ2v) is 3.80. The molecule has 0 fully saturated rings. The number of nitrogens with zero attached hydrogens (tertiary/aromatic N) is 2. The molecule has 1 atom stereocenters. The van der Waals surface area contributed by atoms with Gasteiger partial charge in [-0.1, -0.05) is 11.6 Å². The maximum atomic E-state index is 8.68. The van der Waals surface area contributed by atoms with E-state index in [1.165, 1.54) is 17.5 Å². The van der Waals surface area contributed by atoms with Gasteiger partial charge < -0.3 is 9.84 Å². The molecule has 0 aliphatic carbocycles. The predicted molar refractivity (Wildman–Crippen MR) is 48.5 cm³/mol. The van der Waals surface area contributed by atoms with Gasteiger partial charge in [0.05, 0.1) is 19.4 Å². The van der Waals surface area contributed by atoms with Gasteiger partial charge in [0, 0.05) is 0 Å². The van der Waals surface area contributed by atoms with Crippen molar-refractivity contribution in [2.45, 2.75) is 6.10 Å². The van der Waals surface area contributed by atoms with Crippen molar-refractivity contribution in [3.8, 4) is 6.07 Å². The molecule has 1 unspecified atom stereocenters. The van der Waals surface area contributed by atoms with Crippen molar-refractivity contribution < 1.29 is 9.84 Å². The first-order chi connectivity index (χ1) is 6.27. The quantitative estimate of drug-likeness (QED) is 0.829. The topological polar surface area (TPSA) is 66.1 Å². The standard InChI is InChI=1S/C7H7ClN2O2S/c8-6-4-10-7(13-6)5(3-9)12-2-1-11/h4-5,11H,1-2H2. The third kappa shape index (κ3) is 2.94. The van der Waals surface area contributed by atoms with E-state index in [0.717, 1.165) is 0 Å². The van der Waals surface area contributed by atoms with Crippen molar-refractivity contribution in [3.05, 3.63) is 15.5 Å². The minimum absolute atomic E-state index is 0.114. The van der Waals surface area contributed by atoms with Crippen LogP contribution in [0.25, 0.3) is 0 Å². The van der Waals surface area contributed by atoms with Gasteiger partial charge in [-0.2, -0.15) is 5.26 Å². The Bertz CT molecular complexity index is 310. The first-order valence-electron chi connectivity index (χ1n) is 3.51. The zero-order chi connectivity index (χ0) is 9.68. The molecule has 13 heavy (non-hydrogen) atoms. The number of rotatable bonds is 4. The average Bonchev–Trinajstić information content (AvgIpc) is 2.54. The Balaban J connectivity index is 2.63. The van der Waals surface area contributed by atoms with Crippen molar-refractivity contribution >= 4 is 22.9 Å². The predicted octanol–water partition coefficient (Wildman–Crippen LogP) is 1.37. The monoisotopic (exact) mass is 218 g/mol. The number of aliphatic hydroxyl groups is 1. The molecule has 1 rings (SSSR count). The zero-order valence-corrected chi connectivity index (χ0v) is 8.18. The lowest BCUT2D eigenvalue weighted by molar-refractivity contribution is 0.0580. The maximum Gasteiger partial charge on any atom is 0.195 e. The van der Waals surface area contributed by atoms with Gasteiger partial charge in [0.1, 0.15) is 15.4 Å². The lowest BCUT2D eigenvalue weighted by atomic mass is 10.4. The highest BCUT2D eigenvalue weighted by molar-refractivity contribution is 7.15. The number of hydrogen-bond acceptors (Lipinski definition) is 5. The van der Waals surface area contributed by atoms with Gasteiger partial charge in [-0.3, -0.25) is 0 Å². The summed E-state index contributed by atoms with van der Waals surface area (Å²) < 4.78 is 5.53. The molecule has 4 nitrogen and oxygen atoms in total. The summed E-state index contributed by atoms with van der Waals surface area (Å²) in [5, 5.41) is 17.7. The Labute approximate surface area is 84.4 Å². The third-order valence-corrected chi connectivity index (χ3v) is 2.37. The van der Waals surface area contributed by atoms with E-state index >= 15 is 0 Å². The van der Waals surface area contributed by atoms with Crippen molar-refractivity contribution in [1.82, 2.24) is 4.98 Å². The minimum atomic E-state index is -0.732. The number of halogens is 1. The fraction of sp³-hybridized carbons (Fsp3) is 0.429. The van der Waals surface area contributed by atoms with Crippen LogP contribution < -0.4 is 0 Å². The summed E-state index contributed by atoms with van der Waals surface area (Å²) in [5.74, 6) is 0.